The Morgan fingerprint density at radius 3 is 2.65 bits per heavy atom. The molecule has 0 spiro atoms. The molecule has 0 aliphatic rings. The molecule has 0 unspecified atom stereocenters. The summed E-state index contributed by atoms with van der Waals surface area (Å²) in [5.74, 6) is -0.767. The number of hydrogen-bond donors (Lipinski definition) is 2. The van der Waals surface area contributed by atoms with Crippen molar-refractivity contribution >= 4 is 35.0 Å². The van der Waals surface area contributed by atoms with E-state index >= 15 is 0 Å². The lowest BCUT2D eigenvalue weighted by Gasteiger charge is -2.08. The average molecular weight is 311 g/mol. The third-order valence-electron chi connectivity index (χ3n) is 2.71. The number of rotatable bonds is 4. The van der Waals surface area contributed by atoms with Crippen LogP contribution in [0.5, 0.6) is 0 Å². The van der Waals surface area contributed by atoms with Crippen LogP contribution in [0.3, 0.4) is 0 Å². The Morgan fingerprint density at radius 2 is 2.05 bits per heavy atom. The van der Waals surface area contributed by atoms with Crippen LogP contribution in [-0.2, 0) is 5.75 Å². The second-order valence-corrected chi connectivity index (χ2v) is 5.51. The van der Waals surface area contributed by atoms with E-state index in [0.717, 1.165) is 6.07 Å². The van der Waals surface area contributed by atoms with E-state index in [2.05, 4.69) is 0 Å². The monoisotopic (exact) mass is 310 g/mol. The van der Waals surface area contributed by atoms with Crippen molar-refractivity contribution < 1.29 is 9.18 Å². The predicted octanol–water partition coefficient (Wildman–Crippen LogP) is 3.45. The Kier molecular flexibility index (Phi) is 4.52. The summed E-state index contributed by atoms with van der Waals surface area (Å²) in [7, 11) is 0. The van der Waals surface area contributed by atoms with E-state index in [1.807, 2.05) is 0 Å². The summed E-state index contributed by atoms with van der Waals surface area (Å²) >= 11 is 7.39. The number of nitrogens with two attached hydrogens (primary N) is 2. The highest BCUT2D eigenvalue weighted by atomic mass is 35.5. The first-order chi connectivity index (χ1) is 9.49. The van der Waals surface area contributed by atoms with Crippen LogP contribution < -0.4 is 11.5 Å². The van der Waals surface area contributed by atoms with Crippen LogP contribution in [0.2, 0.25) is 5.02 Å². The van der Waals surface area contributed by atoms with E-state index in [1.165, 1.54) is 23.9 Å². The molecule has 4 N–H and O–H groups in total. The average Bonchev–Trinajstić information content (AvgIpc) is 2.39. The van der Waals surface area contributed by atoms with Crippen LogP contribution in [0, 0.1) is 5.82 Å². The summed E-state index contributed by atoms with van der Waals surface area (Å²) < 4.78 is 13.8. The Labute approximate surface area is 125 Å². The summed E-state index contributed by atoms with van der Waals surface area (Å²) in [6, 6.07) is 9.39. The van der Waals surface area contributed by atoms with Gasteiger partial charge in [0.1, 0.15) is 5.82 Å². The standard InChI is InChI=1S/C14H12ClFN2OS/c15-10-2-1-3-12(17)13(10)20-7-9-5-4-8(14(18)19)6-11(9)16/h1-6H,7,17H2,(H2,18,19). The van der Waals surface area contributed by atoms with Crippen LogP contribution >= 0.6 is 23.4 Å². The molecule has 2 rings (SSSR count). The maximum Gasteiger partial charge on any atom is 0.248 e. The number of nitrogen functional groups attached to an aromatic ring is 1. The van der Waals surface area contributed by atoms with Gasteiger partial charge >= 0.3 is 0 Å². The summed E-state index contributed by atoms with van der Waals surface area (Å²) in [5.41, 5.74) is 12.1. The van der Waals surface area contributed by atoms with Crippen molar-refractivity contribution in [2.45, 2.75) is 10.6 Å². The quantitative estimate of drug-likeness (QED) is 0.671. The Morgan fingerprint density at radius 1 is 1.30 bits per heavy atom. The van der Waals surface area contributed by atoms with Gasteiger partial charge in [-0.05, 0) is 29.8 Å². The molecule has 0 saturated carbocycles. The maximum absolute atomic E-state index is 13.8. The number of carbonyl (C=O) groups excluding carboxylic acids is 1. The van der Waals surface area contributed by atoms with Crippen LogP contribution in [-0.4, -0.2) is 5.91 Å². The van der Waals surface area contributed by atoms with E-state index in [1.54, 1.807) is 18.2 Å². The molecule has 0 saturated heterocycles. The van der Waals surface area contributed by atoms with E-state index in [-0.39, 0.29) is 5.56 Å². The first-order valence-electron chi connectivity index (χ1n) is 5.74. The van der Waals surface area contributed by atoms with Crippen molar-refractivity contribution in [2.75, 3.05) is 5.73 Å². The number of benzene rings is 2. The molecule has 6 heteroatoms. The highest BCUT2D eigenvalue weighted by molar-refractivity contribution is 7.98. The zero-order valence-electron chi connectivity index (χ0n) is 10.4. The molecular formula is C14H12ClFN2OS. The molecule has 0 fully saturated rings. The van der Waals surface area contributed by atoms with Crippen molar-refractivity contribution in [1.29, 1.82) is 0 Å². The number of primary amides is 1. The molecular weight excluding hydrogens is 299 g/mol. The smallest absolute Gasteiger partial charge is 0.248 e. The van der Waals surface area contributed by atoms with Gasteiger partial charge in [0.05, 0.1) is 5.02 Å². The molecule has 0 heterocycles. The second kappa shape index (κ2) is 6.15. The fourth-order valence-electron chi connectivity index (χ4n) is 1.65. The van der Waals surface area contributed by atoms with E-state index in [0.29, 0.717) is 26.9 Å². The highest BCUT2D eigenvalue weighted by Gasteiger charge is 2.10. The molecule has 3 nitrogen and oxygen atoms in total. The van der Waals surface area contributed by atoms with Gasteiger partial charge in [0.2, 0.25) is 5.91 Å². The van der Waals surface area contributed by atoms with Crippen molar-refractivity contribution in [1.82, 2.24) is 0 Å². The van der Waals surface area contributed by atoms with Crippen LogP contribution in [0.1, 0.15) is 15.9 Å². The molecule has 1 amide bonds. The van der Waals surface area contributed by atoms with Crippen molar-refractivity contribution in [3.63, 3.8) is 0 Å². The Hall–Kier alpha value is -1.72. The lowest BCUT2D eigenvalue weighted by atomic mass is 10.1. The molecule has 0 atom stereocenters. The number of halogens is 2. The van der Waals surface area contributed by atoms with Crippen LogP contribution in [0.4, 0.5) is 10.1 Å². The van der Waals surface area contributed by atoms with E-state index < -0.39 is 11.7 Å². The molecule has 0 radical (unpaired) electrons. The fourth-order valence-corrected chi connectivity index (χ4v) is 2.97. The SMILES string of the molecule is NC(=O)c1ccc(CSc2c(N)cccc2Cl)c(F)c1. The molecule has 0 aliphatic heterocycles. The van der Waals surface area contributed by atoms with Gasteiger partial charge in [-0.2, -0.15) is 0 Å². The summed E-state index contributed by atoms with van der Waals surface area (Å²) in [5, 5.41) is 0.532. The van der Waals surface area contributed by atoms with Gasteiger partial charge in [0.25, 0.3) is 0 Å². The van der Waals surface area contributed by atoms with Crippen LogP contribution in [0.15, 0.2) is 41.3 Å². The molecule has 104 valence electrons. The third kappa shape index (κ3) is 3.23. The van der Waals surface area contributed by atoms with E-state index in [9.17, 15) is 9.18 Å². The van der Waals surface area contributed by atoms with Gasteiger partial charge in [-0.25, -0.2) is 4.39 Å². The van der Waals surface area contributed by atoms with Crippen molar-refractivity contribution in [3.8, 4) is 0 Å². The number of amides is 1. The minimum atomic E-state index is -0.654. The summed E-state index contributed by atoms with van der Waals surface area (Å²) in [6.45, 7) is 0. The molecule has 2 aromatic rings. The topological polar surface area (TPSA) is 69.1 Å². The van der Waals surface area contributed by atoms with Crippen LogP contribution in [0.25, 0.3) is 0 Å². The normalized spacial score (nSPS) is 10.5. The largest absolute Gasteiger partial charge is 0.398 e. The molecule has 20 heavy (non-hydrogen) atoms. The second-order valence-electron chi connectivity index (χ2n) is 4.12. The Bertz CT molecular complexity index is 643. The zero-order valence-corrected chi connectivity index (χ0v) is 12.0. The van der Waals surface area contributed by atoms with Crippen molar-refractivity contribution in [3.05, 3.63) is 58.4 Å². The molecule has 0 aromatic heterocycles. The third-order valence-corrected chi connectivity index (χ3v) is 4.33. The summed E-state index contributed by atoms with van der Waals surface area (Å²) in [4.78, 5) is 11.7. The minimum Gasteiger partial charge on any atom is -0.398 e. The minimum absolute atomic E-state index is 0.147. The first-order valence-corrected chi connectivity index (χ1v) is 7.10. The first kappa shape index (κ1) is 14.7. The molecule has 2 aromatic carbocycles. The highest BCUT2D eigenvalue weighted by Crippen LogP contribution is 2.34. The maximum atomic E-state index is 13.8. The fraction of sp³-hybridized carbons (Fsp3) is 0.0714. The van der Waals surface area contributed by atoms with Gasteiger partial charge in [-0.1, -0.05) is 23.7 Å². The predicted molar refractivity (Wildman–Crippen MR) is 80.3 cm³/mol. The number of carbonyl (C=O) groups is 1. The number of hydrogen-bond acceptors (Lipinski definition) is 3. The van der Waals surface area contributed by atoms with Gasteiger partial charge in [0.15, 0.2) is 0 Å². The zero-order chi connectivity index (χ0) is 14.7. The van der Waals surface area contributed by atoms with Gasteiger partial charge < -0.3 is 11.5 Å². The number of thioether (sulfide) groups is 1. The van der Waals surface area contributed by atoms with E-state index in [4.69, 9.17) is 23.1 Å². The van der Waals surface area contributed by atoms with Gasteiger partial charge in [0, 0.05) is 21.9 Å². The van der Waals surface area contributed by atoms with Gasteiger partial charge in [-0.3, -0.25) is 4.79 Å². The lowest BCUT2D eigenvalue weighted by Crippen LogP contribution is -2.11. The Balaban J connectivity index is 2.17. The van der Waals surface area contributed by atoms with Crippen molar-refractivity contribution in [2.24, 2.45) is 5.73 Å². The number of anilines is 1. The lowest BCUT2D eigenvalue weighted by molar-refractivity contribution is 0.1000. The van der Waals surface area contributed by atoms with Gasteiger partial charge in [-0.15, -0.1) is 11.8 Å². The molecule has 0 aliphatic carbocycles. The summed E-state index contributed by atoms with van der Waals surface area (Å²) in [6.07, 6.45) is 0. The molecule has 0 bridgehead atoms.